The molecule has 0 aromatic carbocycles. The number of nitrogens with zero attached hydrogens (tertiary/aromatic N) is 4. The Balaban J connectivity index is 0.000000500. The summed E-state index contributed by atoms with van der Waals surface area (Å²) < 4.78 is 0. The molecule has 0 fully saturated rings. The van der Waals surface area contributed by atoms with E-state index in [2.05, 4.69) is 19.9 Å². The van der Waals surface area contributed by atoms with Crippen LogP contribution in [0.1, 0.15) is 0 Å². The van der Waals surface area contributed by atoms with E-state index < -0.39 is 0 Å². The van der Waals surface area contributed by atoms with E-state index in [1.807, 2.05) is 0 Å². The minimum atomic E-state index is 0. The van der Waals surface area contributed by atoms with Crippen LogP contribution in [0.4, 0.5) is 0 Å². The maximum atomic E-state index is 3.88. The van der Waals surface area contributed by atoms with E-state index in [1.54, 1.807) is 6.20 Å². The van der Waals surface area contributed by atoms with Gasteiger partial charge in [0.2, 0.25) is 0 Å². The van der Waals surface area contributed by atoms with E-state index in [0.717, 1.165) is 5.69 Å². The normalized spacial score (nSPS) is 9.20. The van der Waals surface area contributed by atoms with Crippen molar-refractivity contribution in [3.05, 3.63) is 18.9 Å². The number of hydrogen-bond acceptors (Lipinski definition) is 3. The number of imidazole rings is 1. The Morgan fingerprint density at radius 2 is 2.20 bits per heavy atom. The Bertz CT molecular complexity index is 254. The first kappa shape index (κ1) is 7.26. The van der Waals surface area contributed by atoms with Gasteiger partial charge in [0.05, 0.1) is 5.69 Å². The Hall–Kier alpha value is -0.853. The van der Waals surface area contributed by atoms with Gasteiger partial charge < -0.3 is 15.0 Å². The minimum Gasteiger partial charge on any atom is -0.374 e. The maximum Gasteiger partial charge on any atom is 1.00 e. The number of hydrogen-bond donors (Lipinski definition) is 0. The van der Waals surface area contributed by atoms with Gasteiger partial charge in [-0.05, 0) is 12.5 Å². The van der Waals surface area contributed by atoms with Crippen LogP contribution < -0.4 is 23.8 Å². The molecule has 0 radical (unpaired) electrons. The molecule has 4 nitrogen and oxygen atoms in total. The summed E-state index contributed by atoms with van der Waals surface area (Å²) >= 11 is 0. The Morgan fingerprint density at radius 3 is 3.00 bits per heavy atom. The maximum absolute atomic E-state index is 3.88. The zero-order valence-corrected chi connectivity index (χ0v) is 5.52. The molecule has 0 saturated heterocycles. The van der Waals surface area contributed by atoms with Crippen LogP contribution in [0.15, 0.2) is 18.9 Å². The van der Waals surface area contributed by atoms with Crippen LogP contribution in [-0.4, -0.2) is 15.0 Å². The summed E-state index contributed by atoms with van der Waals surface area (Å²) in [4.78, 5) is 15.4. The molecule has 5 heteroatoms. The Kier molecular flexibility index (Phi) is 2.05. The minimum absolute atomic E-state index is 0. The fourth-order valence-corrected chi connectivity index (χ4v) is 0.652. The zero-order chi connectivity index (χ0) is 6.10. The third-order valence-electron chi connectivity index (χ3n) is 1.05. The van der Waals surface area contributed by atoms with Crippen LogP contribution in [0.5, 0.6) is 0 Å². The molecule has 2 aliphatic rings. The van der Waals surface area contributed by atoms with Gasteiger partial charge in [-0.2, -0.15) is 0 Å². The van der Waals surface area contributed by atoms with Crippen molar-refractivity contribution in [2.75, 3.05) is 0 Å². The van der Waals surface area contributed by atoms with Crippen molar-refractivity contribution in [1.82, 2.24) is 19.9 Å². The van der Waals surface area contributed by atoms with Gasteiger partial charge in [-0.1, -0.05) is 0 Å². The van der Waals surface area contributed by atoms with Crippen LogP contribution >= 0.6 is 0 Å². The molecule has 44 valence electrons. The Morgan fingerprint density at radius 1 is 1.30 bits per heavy atom. The third-order valence-corrected chi connectivity index (χ3v) is 1.05. The van der Waals surface area contributed by atoms with Crippen LogP contribution in [-0.2, 0) is 0 Å². The summed E-state index contributed by atoms with van der Waals surface area (Å²) in [5.41, 5.74) is 0.748. The molecule has 0 unspecified atom stereocenters. The monoisotopic (exact) mass is 126 g/mol. The topological polar surface area (TPSA) is 52.8 Å². The molecule has 0 aliphatic carbocycles. The molecular weight excluding hydrogens is 123 g/mol. The molecule has 0 aromatic rings. The molecule has 2 heterocycles. The first-order chi connectivity index (χ1) is 4.47. The van der Waals surface area contributed by atoms with Gasteiger partial charge in [0.1, 0.15) is 0 Å². The van der Waals surface area contributed by atoms with Crippen molar-refractivity contribution in [1.29, 1.82) is 0 Å². The number of aromatic nitrogens is 4. The van der Waals surface area contributed by atoms with E-state index in [9.17, 15) is 0 Å². The van der Waals surface area contributed by atoms with Crippen molar-refractivity contribution in [3.63, 3.8) is 0 Å². The van der Waals surface area contributed by atoms with Gasteiger partial charge in [-0.25, -0.2) is 0 Å². The second-order valence-corrected chi connectivity index (χ2v) is 1.61. The van der Waals surface area contributed by atoms with Gasteiger partial charge in [0.25, 0.3) is 0 Å². The summed E-state index contributed by atoms with van der Waals surface area (Å²) in [5, 5.41) is 0. The molecule has 0 bridgehead atoms. The van der Waals surface area contributed by atoms with E-state index in [1.165, 1.54) is 12.7 Å². The van der Waals surface area contributed by atoms with Crippen molar-refractivity contribution in [3.8, 4) is 11.5 Å². The molecular formula is C5H3LiN4. The molecule has 0 aromatic heterocycles. The van der Waals surface area contributed by atoms with Gasteiger partial charge in [-0.3, -0.25) is 4.98 Å². The van der Waals surface area contributed by atoms with Crippen molar-refractivity contribution >= 4 is 0 Å². The van der Waals surface area contributed by atoms with E-state index in [4.69, 9.17) is 0 Å². The molecule has 0 amide bonds. The zero-order valence-electron chi connectivity index (χ0n) is 5.52. The average molecular weight is 126 g/mol. The van der Waals surface area contributed by atoms with Crippen molar-refractivity contribution < 1.29 is 18.9 Å². The molecule has 2 aliphatic heterocycles. The SMILES string of the molecule is [Li+].c1nc2cnc[n-]c-2n1. The van der Waals surface area contributed by atoms with Gasteiger partial charge in [0, 0.05) is 12.2 Å². The second-order valence-electron chi connectivity index (χ2n) is 1.61. The molecule has 0 spiro atoms. The summed E-state index contributed by atoms with van der Waals surface area (Å²) in [6.07, 6.45) is 4.56. The van der Waals surface area contributed by atoms with Gasteiger partial charge >= 0.3 is 18.9 Å². The molecule has 2 rings (SSSR count). The molecule has 0 N–H and O–H groups in total. The smallest absolute Gasteiger partial charge is 0.374 e. The van der Waals surface area contributed by atoms with Gasteiger partial charge in [0.15, 0.2) is 0 Å². The van der Waals surface area contributed by atoms with Crippen molar-refractivity contribution in [2.45, 2.75) is 0 Å². The fourth-order valence-electron chi connectivity index (χ4n) is 0.652. The van der Waals surface area contributed by atoms with Crippen LogP contribution in [0.25, 0.3) is 11.5 Å². The van der Waals surface area contributed by atoms with E-state index in [0.29, 0.717) is 5.82 Å². The largest absolute Gasteiger partial charge is 1.00 e. The molecule has 0 atom stereocenters. The van der Waals surface area contributed by atoms with E-state index in [-0.39, 0.29) is 18.9 Å². The second kappa shape index (κ2) is 2.82. The first-order valence-corrected chi connectivity index (χ1v) is 2.50. The standard InChI is InChI=1S/C5H3N4.Li/c1-4-5(8-2-6-1)9-3-7-4;/h1-3H;/q-1;+1. The summed E-state index contributed by atoms with van der Waals surface area (Å²) in [5.74, 6) is 0.657. The Labute approximate surface area is 69.6 Å². The number of fused-ring (bicyclic) bond motifs is 1. The predicted octanol–water partition coefficient (Wildman–Crippen LogP) is -3.06. The summed E-state index contributed by atoms with van der Waals surface area (Å²) in [6.45, 7) is 0. The first-order valence-electron chi connectivity index (χ1n) is 2.50. The third kappa shape index (κ3) is 1.04. The van der Waals surface area contributed by atoms with Crippen LogP contribution in [0.3, 0.4) is 0 Å². The quantitative estimate of drug-likeness (QED) is 0.352. The van der Waals surface area contributed by atoms with Crippen molar-refractivity contribution in [2.24, 2.45) is 0 Å². The van der Waals surface area contributed by atoms with Crippen LogP contribution in [0, 0.1) is 0 Å². The fraction of sp³-hybridized carbons (Fsp3) is 0. The summed E-state index contributed by atoms with van der Waals surface area (Å²) in [7, 11) is 0. The molecule has 0 saturated carbocycles. The predicted molar refractivity (Wildman–Crippen MR) is 29.8 cm³/mol. The van der Waals surface area contributed by atoms with Gasteiger partial charge in [-0.15, -0.1) is 0 Å². The van der Waals surface area contributed by atoms with Crippen LogP contribution in [0.2, 0.25) is 0 Å². The molecule has 10 heavy (non-hydrogen) atoms. The summed E-state index contributed by atoms with van der Waals surface area (Å²) in [6, 6.07) is 0. The number of rotatable bonds is 0. The average Bonchev–Trinajstić information content (AvgIpc) is 2.33. The van der Waals surface area contributed by atoms with E-state index >= 15 is 0 Å².